The summed E-state index contributed by atoms with van der Waals surface area (Å²) >= 11 is 5.79. The largest absolute Gasteiger partial charge is 0.303 e. The van der Waals surface area contributed by atoms with Crippen LogP contribution in [0.1, 0.15) is 31.2 Å². The average Bonchev–Trinajstić information content (AvgIpc) is 2.34. The summed E-state index contributed by atoms with van der Waals surface area (Å²) in [6, 6.07) is 6.89. The minimum absolute atomic E-state index is 0.231. The number of aldehydes is 1. The molecule has 0 saturated carbocycles. The second-order valence-corrected chi connectivity index (χ2v) is 4.70. The summed E-state index contributed by atoms with van der Waals surface area (Å²) in [5, 5.41) is 11.3. The number of nitrogens with zero attached hydrogens (tertiary/aromatic N) is 1. The molecule has 4 nitrogen and oxygen atoms in total. The SMILES string of the molecule is CCC[C@@H](C=O)[C@H](C[N+](=O)[O-])c1ccc(Cl)cc1. The van der Waals surface area contributed by atoms with Crippen molar-refractivity contribution in [2.24, 2.45) is 5.92 Å². The number of carbonyl (C=O) groups is 1. The van der Waals surface area contributed by atoms with Crippen molar-refractivity contribution in [1.82, 2.24) is 0 Å². The topological polar surface area (TPSA) is 60.2 Å². The van der Waals surface area contributed by atoms with Crippen molar-refractivity contribution in [2.75, 3.05) is 6.54 Å². The van der Waals surface area contributed by atoms with Gasteiger partial charge in [0.05, 0.1) is 5.92 Å². The van der Waals surface area contributed by atoms with Crippen molar-refractivity contribution in [1.29, 1.82) is 0 Å². The van der Waals surface area contributed by atoms with Gasteiger partial charge in [0, 0.05) is 15.9 Å². The lowest BCUT2D eigenvalue weighted by Crippen LogP contribution is -2.22. The van der Waals surface area contributed by atoms with Crippen LogP contribution in [0.4, 0.5) is 0 Å². The van der Waals surface area contributed by atoms with Crippen LogP contribution in [0.15, 0.2) is 24.3 Å². The lowest BCUT2D eigenvalue weighted by molar-refractivity contribution is -0.484. The molecule has 0 bridgehead atoms. The molecule has 0 heterocycles. The van der Waals surface area contributed by atoms with E-state index < -0.39 is 0 Å². The molecule has 0 aliphatic carbocycles. The van der Waals surface area contributed by atoms with Gasteiger partial charge in [0.15, 0.2) is 0 Å². The number of halogens is 1. The van der Waals surface area contributed by atoms with Gasteiger partial charge in [-0.15, -0.1) is 0 Å². The Morgan fingerprint density at radius 2 is 2.00 bits per heavy atom. The fourth-order valence-corrected chi connectivity index (χ4v) is 2.18. The van der Waals surface area contributed by atoms with Crippen molar-refractivity contribution in [2.45, 2.75) is 25.7 Å². The summed E-state index contributed by atoms with van der Waals surface area (Å²) in [6.45, 7) is 1.73. The van der Waals surface area contributed by atoms with E-state index in [2.05, 4.69) is 0 Å². The Morgan fingerprint density at radius 1 is 1.39 bits per heavy atom. The molecule has 0 saturated heterocycles. The van der Waals surface area contributed by atoms with Gasteiger partial charge in [0.2, 0.25) is 6.54 Å². The summed E-state index contributed by atoms with van der Waals surface area (Å²) in [7, 11) is 0. The van der Waals surface area contributed by atoms with Gasteiger partial charge in [-0.25, -0.2) is 0 Å². The number of hydrogen-bond donors (Lipinski definition) is 0. The van der Waals surface area contributed by atoms with Crippen LogP contribution in [-0.2, 0) is 4.79 Å². The van der Waals surface area contributed by atoms with Crippen LogP contribution in [0.2, 0.25) is 5.02 Å². The van der Waals surface area contributed by atoms with Gasteiger partial charge in [-0.3, -0.25) is 10.1 Å². The van der Waals surface area contributed by atoms with Gasteiger partial charge >= 0.3 is 0 Å². The number of carbonyl (C=O) groups excluding carboxylic acids is 1. The van der Waals surface area contributed by atoms with E-state index in [-0.39, 0.29) is 23.3 Å². The third kappa shape index (κ3) is 4.11. The number of nitro groups is 1. The summed E-state index contributed by atoms with van der Waals surface area (Å²) in [6.07, 6.45) is 2.31. The van der Waals surface area contributed by atoms with Gasteiger partial charge < -0.3 is 4.79 Å². The normalized spacial score (nSPS) is 13.9. The Bertz CT molecular complexity index is 405. The number of benzene rings is 1. The summed E-state index contributed by atoms with van der Waals surface area (Å²) in [4.78, 5) is 21.5. The molecular formula is C13H16ClNO3. The quantitative estimate of drug-likeness (QED) is 0.433. The van der Waals surface area contributed by atoms with E-state index in [1.54, 1.807) is 24.3 Å². The fourth-order valence-electron chi connectivity index (χ4n) is 2.06. The molecule has 0 aromatic heterocycles. The lowest BCUT2D eigenvalue weighted by atomic mass is 9.84. The van der Waals surface area contributed by atoms with Crippen LogP contribution < -0.4 is 0 Å². The molecule has 18 heavy (non-hydrogen) atoms. The standard InChI is InChI=1S/C13H16ClNO3/c1-2-3-11(9-16)13(8-15(17)18)10-4-6-12(14)7-5-10/h4-7,9,11,13H,2-3,8H2,1H3/t11-,13+/m0/s1. The van der Waals surface area contributed by atoms with Crippen LogP contribution in [0.25, 0.3) is 0 Å². The van der Waals surface area contributed by atoms with Crippen molar-refractivity contribution in [3.05, 3.63) is 45.0 Å². The predicted octanol–water partition coefficient (Wildman–Crippen LogP) is 3.32. The maximum Gasteiger partial charge on any atom is 0.211 e. The number of rotatable bonds is 7. The van der Waals surface area contributed by atoms with Crippen molar-refractivity contribution >= 4 is 17.9 Å². The highest BCUT2D eigenvalue weighted by molar-refractivity contribution is 6.30. The van der Waals surface area contributed by atoms with Crippen LogP contribution in [0.3, 0.4) is 0 Å². The Morgan fingerprint density at radius 3 is 2.44 bits per heavy atom. The first-order valence-electron chi connectivity index (χ1n) is 5.91. The maximum absolute atomic E-state index is 11.1. The van der Waals surface area contributed by atoms with Gasteiger partial charge in [-0.05, 0) is 24.1 Å². The molecule has 0 fully saturated rings. The highest BCUT2D eigenvalue weighted by Gasteiger charge is 2.26. The summed E-state index contributed by atoms with van der Waals surface area (Å²) in [5.74, 6) is -0.698. The van der Waals surface area contributed by atoms with Crippen LogP contribution >= 0.6 is 11.6 Å². The van der Waals surface area contributed by atoms with Crippen LogP contribution in [-0.4, -0.2) is 17.8 Å². The molecule has 0 aliphatic heterocycles. The Balaban J connectivity index is 2.99. The van der Waals surface area contributed by atoms with E-state index in [9.17, 15) is 14.9 Å². The summed E-state index contributed by atoms with van der Waals surface area (Å²) in [5.41, 5.74) is 0.793. The molecule has 0 spiro atoms. The second-order valence-electron chi connectivity index (χ2n) is 4.26. The lowest BCUT2D eigenvalue weighted by Gasteiger charge is -2.19. The minimum atomic E-state index is -0.380. The van der Waals surface area contributed by atoms with Crippen molar-refractivity contribution < 1.29 is 9.72 Å². The molecule has 1 rings (SSSR count). The fraction of sp³-hybridized carbons (Fsp3) is 0.462. The van der Waals surface area contributed by atoms with E-state index in [4.69, 9.17) is 11.6 Å². The molecular weight excluding hydrogens is 254 g/mol. The highest BCUT2D eigenvalue weighted by Crippen LogP contribution is 2.28. The first-order valence-corrected chi connectivity index (χ1v) is 6.28. The third-order valence-corrected chi connectivity index (χ3v) is 3.21. The monoisotopic (exact) mass is 269 g/mol. The van der Waals surface area contributed by atoms with Gasteiger partial charge in [0.25, 0.3) is 0 Å². The zero-order valence-electron chi connectivity index (χ0n) is 10.2. The Labute approximate surface area is 111 Å². The molecule has 2 atom stereocenters. The summed E-state index contributed by atoms with van der Waals surface area (Å²) < 4.78 is 0. The van der Waals surface area contributed by atoms with E-state index in [1.165, 1.54) is 0 Å². The first kappa shape index (κ1) is 14.6. The molecule has 1 aromatic carbocycles. The molecule has 0 unspecified atom stereocenters. The molecule has 0 radical (unpaired) electrons. The van der Waals surface area contributed by atoms with Gasteiger partial charge in [-0.1, -0.05) is 37.1 Å². The molecule has 0 aliphatic rings. The van der Waals surface area contributed by atoms with Crippen LogP contribution in [0, 0.1) is 16.0 Å². The van der Waals surface area contributed by atoms with E-state index in [1.807, 2.05) is 6.92 Å². The Hall–Kier alpha value is -1.42. The predicted molar refractivity (Wildman–Crippen MR) is 70.5 cm³/mol. The molecule has 5 heteroatoms. The smallest absolute Gasteiger partial charge is 0.211 e. The maximum atomic E-state index is 11.1. The molecule has 0 amide bonds. The third-order valence-electron chi connectivity index (χ3n) is 2.96. The first-order chi connectivity index (χ1) is 8.58. The number of hydrogen-bond acceptors (Lipinski definition) is 3. The zero-order valence-corrected chi connectivity index (χ0v) is 11.0. The van der Waals surface area contributed by atoms with E-state index >= 15 is 0 Å². The van der Waals surface area contributed by atoms with Crippen LogP contribution in [0.5, 0.6) is 0 Å². The van der Waals surface area contributed by atoms with E-state index in [0.717, 1.165) is 18.3 Å². The zero-order chi connectivity index (χ0) is 13.5. The Kier molecular flexibility index (Phi) is 5.78. The second kappa shape index (κ2) is 7.11. The molecule has 0 N–H and O–H groups in total. The van der Waals surface area contributed by atoms with Gasteiger partial charge in [0.1, 0.15) is 6.29 Å². The van der Waals surface area contributed by atoms with Crippen molar-refractivity contribution in [3.8, 4) is 0 Å². The highest BCUT2D eigenvalue weighted by atomic mass is 35.5. The molecule has 1 aromatic rings. The average molecular weight is 270 g/mol. The van der Waals surface area contributed by atoms with Gasteiger partial charge in [-0.2, -0.15) is 0 Å². The molecule has 98 valence electrons. The minimum Gasteiger partial charge on any atom is -0.303 e. The van der Waals surface area contributed by atoms with E-state index in [0.29, 0.717) is 11.4 Å². The van der Waals surface area contributed by atoms with Crippen molar-refractivity contribution in [3.63, 3.8) is 0 Å².